The highest BCUT2D eigenvalue weighted by Gasteiger charge is 2.00. The summed E-state index contributed by atoms with van der Waals surface area (Å²) in [6.45, 7) is 2.02. The van der Waals surface area contributed by atoms with Crippen LogP contribution in [0.2, 0.25) is 0 Å². The standard InChI is InChI=1S/C9H9BrO/c1-7-2-3-8(6-11)4-5-9(7)10/h2,4-6H,3H2,1H3. The van der Waals surface area contributed by atoms with Gasteiger partial charge in [-0.15, -0.1) is 0 Å². The highest BCUT2D eigenvalue weighted by molar-refractivity contribution is 9.12. The molecule has 0 aromatic rings. The minimum Gasteiger partial charge on any atom is -0.298 e. The van der Waals surface area contributed by atoms with Gasteiger partial charge in [-0.05, 0) is 30.6 Å². The normalized spacial score (nSPS) is 17.8. The maximum atomic E-state index is 10.4. The second-order valence-electron chi connectivity index (χ2n) is 2.47. The molecule has 1 nitrogen and oxygen atoms in total. The van der Waals surface area contributed by atoms with Crippen LogP contribution in [-0.4, -0.2) is 6.29 Å². The van der Waals surface area contributed by atoms with Gasteiger partial charge in [0.15, 0.2) is 0 Å². The van der Waals surface area contributed by atoms with Crippen LogP contribution < -0.4 is 0 Å². The van der Waals surface area contributed by atoms with E-state index in [-0.39, 0.29) is 0 Å². The molecule has 1 aliphatic carbocycles. The quantitative estimate of drug-likeness (QED) is 0.612. The summed E-state index contributed by atoms with van der Waals surface area (Å²) in [6.07, 6.45) is 7.41. The van der Waals surface area contributed by atoms with E-state index in [0.717, 1.165) is 22.8 Å². The molecule has 0 fully saturated rings. The Labute approximate surface area is 74.6 Å². The Morgan fingerprint density at radius 1 is 1.55 bits per heavy atom. The fourth-order valence-electron chi connectivity index (χ4n) is 0.836. The fraction of sp³-hybridized carbons (Fsp3) is 0.222. The van der Waals surface area contributed by atoms with Gasteiger partial charge in [-0.3, -0.25) is 4.79 Å². The van der Waals surface area contributed by atoms with Crippen LogP contribution in [0.1, 0.15) is 13.3 Å². The Morgan fingerprint density at radius 3 is 2.91 bits per heavy atom. The Bertz CT molecular complexity index is 259. The summed E-state index contributed by atoms with van der Waals surface area (Å²) in [4.78, 5) is 10.4. The van der Waals surface area contributed by atoms with Gasteiger partial charge in [0.05, 0.1) is 0 Å². The van der Waals surface area contributed by atoms with Crippen LogP contribution in [0.3, 0.4) is 0 Å². The van der Waals surface area contributed by atoms with Crippen molar-refractivity contribution >= 4 is 22.2 Å². The summed E-state index contributed by atoms with van der Waals surface area (Å²) < 4.78 is 1.05. The van der Waals surface area contributed by atoms with Crippen LogP contribution >= 0.6 is 15.9 Å². The topological polar surface area (TPSA) is 17.1 Å². The Balaban J connectivity index is 2.92. The van der Waals surface area contributed by atoms with Crippen LogP contribution in [-0.2, 0) is 4.79 Å². The van der Waals surface area contributed by atoms with Gasteiger partial charge in [-0.1, -0.05) is 28.1 Å². The van der Waals surface area contributed by atoms with Gasteiger partial charge in [0, 0.05) is 4.48 Å². The molecule has 0 aromatic heterocycles. The first-order valence-corrected chi connectivity index (χ1v) is 4.22. The molecule has 2 heteroatoms. The average molecular weight is 213 g/mol. The number of halogens is 1. The van der Waals surface area contributed by atoms with Crippen molar-refractivity contribution in [2.75, 3.05) is 0 Å². The molecule has 0 aromatic carbocycles. The van der Waals surface area contributed by atoms with E-state index in [4.69, 9.17) is 0 Å². The maximum Gasteiger partial charge on any atom is 0.146 e. The minimum absolute atomic E-state index is 0.737. The molecule has 0 amide bonds. The number of aldehydes is 1. The van der Waals surface area contributed by atoms with E-state index >= 15 is 0 Å². The molecule has 11 heavy (non-hydrogen) atoms. The van der Waals surface area contributed by atoms with Gasteiger partial charge >= 0.3 is 0 Å². The van der Waals surface area contributed by atoms with E-state index in [0.29, 0.717) is 0 Å². The smallest absolute Gasteiger partial charge is 0.146 e. The molecule has 1 rings (SSSR count). The number of carbonyl (C=O) groups excluding carboxylic acids is 1. The molecular weight excluding hydrogens is 204 g/mol. The van der Waals surface area contributed by atoms with Crippen LogP contribution in [0, 0.1) is 0 Å². The predicted octanol–water partition coefficient (Wildman–Crippen LogP) is 2.74. The molecule has 1 aliphatic rings. The fourth-order valence-corrected chi connectivity index (χ4v) is 1.13. The molecule has 58 valence electrons. The molecule has 0 N–H and O–H groups in total. The van der Waals surface area contributed by atoms with E-state index in [2.05, 4.69) is 15.9 Å². The first-order chi connectivity index (χ1) is 5.24. The van der Waals surface area contributed by atoms with E-state index in [1.165, 1.54) is 5.57 Å². The SMILES string of the molecule is CC1=CCC(C=O)=CC=C1Br. The number of allylic oxidation sites excluding steroid dienone is 6. The molecule has 0 spiro atoms. The zero-order valence-electron chi connectivity index (χ0n) is 6.30. The van der Waals surface area contributed by atoms with Crippen LogP contribution in [0.4, 0.5) is 0 Å². The van der Waals surface area contributed by atoms with Crippen molar-refractivity contribution in [2.24, 2.45) is 0 Å². The highest BCUT2D eigenvalue weighted by atomic mass is 79.9. The van der Waals surface area contributed by atoms with Crippen molar-refractivity contribution in [2.45, 2.75) is 13.3 Å². The lowest BCUT2D eigenvalue weighted by Gasteiger charge is -1.93. The number of hydrogen-bond acceptors (Lipinski definition) is 1. The Hall–Kier alpha value is -0.630. The molecule has 0 radical (unpaired) electrons. The van der Waals surface area contributed by atoms with Gasteiger partial charge < -0.3 is 0 Å². The third-order valence-corrected chi connectivity index (χ3v) is 2.51. The van der Waals surface area contributed by atoms with Crippen LogP contribution in [0.5, 0.6) is 0 Å². The third-order valence-electron chi connectivity index (χ3n) is 1.62. The molecule has 0 bridgehead atoms. The monoisotopic (exact) mass is 212 g/mol. The predicted molar refractivity (Wildman–Crippen MR) is 49.5 cm³/mol. The summed E-state index contributed by atoms with van der Waals surface area (Å²) in [5.41, 5.74) is 2.00. The van der Waals surface area contributed by atoms with Gasteiger partial charge in [0.2, 0.25) is 0 Å². The van der Waals surface area contributed by atoms with E-state index in [1.54, 1.807) is 0 Å². The van der Waals surface area contributed by atoms with Gasteiger partial charge in [-0.2, -0.15) is 0 Å². The lowest BCUT2D eigenvalue weighted by Crippen LogP contribution is -1.79. The Morgan fingerprint density at radius 2 is 2.27 bits per heavy atom. The lowest BCUT2D eigenvalue weighted by molar-refractivity contribution is -0.104. The summed E-state index contributed by atoms with van der Waals surface area (Å²) in [7, 11) is 0. The lowest BCUT2D eigenvalue weighted by atomic mass is 10.2. The minimum atomic E-state index is 0.737. The Kier molecular flexibility index (Phi) is 2.83. The van der Waals surface area contributed by atoms with Crippen molar-refractivity contribution in [3.8, 4) is 0 Å². The first kappa shape index (κ1) is 8.47. The van der Waals surface area contributed by atoms with Crippen molar-refractivity contribution in [1.29, 1.82) is 0 Å². The van der Waals surface area contributed by atoms with Gasteiger partial charge in [0.1, 0.15) is 6.29 Å². The molecule has 0 saturated carbocycles. The first-order valence-electron chi connectivity index (χ1n) is 3.42. The number of carbonyl (C=O) groups is 1. The second kappa shape index (κ2) is 3.67. The summed E-state index contributed by atoms with van der Waals surface area (Å²) in [5.74, 6) is 0. The second-order valence-corrected chi connectivity index (χ2v) is 3.32. The highest BCUT2D eigenvalue weighted by Crippen LogP contribution is 2.21. The van der Waals surface area contributed by atoms with Crippen LogP contribution in [0.25, 0.3) is 0 Å². The molecule has 0 unspecified atom stereocenters. The zero-order valence-corrected chi connectivity index (χ0v) is 7.89. The molecule has 0 heterocycles. The zero-order chi connectivity index (χ0) is 8.27. The number of hydrogen-bond donors (Lipinski definition) is 0. The van der Waals surface area contributed by atoms with Crippen molar-refractivity contribution in [1.82, 2.24) is 0 Å². The summed E-state index contributed by atoms with van der Waals surface area (Å²) in [5, 5.41) is 0. The maximum absolute atomic E-state index is 10.4. The van der Waals surface area contributed by atoms with Crippen molar-refractivity contribution in [3.05, 3.63) is 33.9 Å². The summed E-state index contributed by atoms with van der Waals surface area (Å²) >= 11 is 3.39. The van der Waals surface area contributed by atoms with Crippen LogP contribution in [0.15, 0.2) is 33.9 Å². The van der Waals surface area contributed by atoms with E-state index in [1.807, 2.05) is 25.2 Å². The molecular formula is C9H9BrO. The van der Waals surface area contributed by atoms with Crippen molar-refractivity contribution in [3.63, 3.8) is 0 Å². The van der Waals surface area contributed by atoms with E-state index in [9.17, 15) is 4.79 Å². The largest absolute Gasteiger partial charge is 0.298 e. The van der Waals surface area contributed by atoms with Gasteiger partial charge in [-0.25, -0.2) is 0 Å². The van der Waals surface area contributed by atoms with E-state index < -0.39 is 0 Å². The summed E-state index contributed by atoms with van der Waals surface area (Å²) in [6, 6.07) is 0. The van der Waals surface area contributed by atoms with Crippen molar-refractivity contribution < 1.29 is 4.79 Å². The average Bonchev–Trinajstić information content (AvgIpc) is 2.16. The molecule has 0 aliphatic heterocycles. The number of rotatable bonds is 1. The van der Waals surface area contributed by atoms with Gasteiger partial charge in [0.25, 0.3) is 0 Å². The molecule has 0 atom stereocenters. The third kappa shape index (κ3) is 2.15. The molecule has 0 saturated heterocycles.